The van der Waals surface area contributed by atoms with E-state index in [1.54, 1.807) is 12.1 Å². The number of nitrogens with two attached hydrogens (primary N) is 1. The molecule has 4 nitrogen and oxygen atoms in total. The Kier molecular flexibility index (Phi) is 4.34. The number of benzene rings is 1. The van der Waals surface area contributed by atoms with Gasteiger partial charge in [0.15, 0.2) is 0 Å². The summed E-state index contributed by atoms with van der Waals surface area (Å²) >= 11 is 3.23. The fourth-order valence-electron chi connectivity index (χ4n) is 1.71. The number of halogens is 2. The molecule has 20 heavy (non-hydrogen) atoms. The molecule has 0 atom stereocenters. The fraction of sp³-hybridized carbons (Fsp3) is 0.143. The lowest BCUT2D eigenvalue weighted by Crippen LogP contribution is -2.14. The minimum atomic E-state index is -0.501. The second-order valence-electron chi connectivity index (χ2n) is 4.20. The monoisotopic (exact) mass is 337 g/mol. The van der Waals surface area contributed by atoms with Crippen LogP contribution in [0.4, 0.5) is 15.9 Å². The third-order valence-electron chi connectivity index (χ3n) is 2.70. The summed E-state index contributed by atoms with van der Waals surface area (Å²) in [6.07, 6.45) is 0.663. The number of nitrogens with zero attached hydrogens (tertiary/aromatic N) is 1. The van der Waals surface area contributed by atoms with Crippen molar-refractivity contribution in [2.45, 2.75) is 13.3 Å². The van der Waals surface area contributed by atoms with E-state index in [0.29, 0.717) is 22.2 Å². The van der Waals surface area contributed by atoms with Gasteiger partial charge in [-0.3, -0.25) is 4.79 Å². The third kappa shape index (κ3) is 3.33. The third-order valence-corrected chi connectivity index (χ3v) is 3.19. The minimum Gasteiger partial charge on any atom is -0.384 e. The van der Waals surface area contributed by atoms with E-state index in [0.717, 1.165) is 0 Å². The van der Waals surface area contributed by atoms with Crippen molar-refractivity contribution in [1.29, 1.82) is 0 Å². The van der Waals surface area contributed by atoms with Gasteiger partial charge in [0.2, 0.25) is 0 Å². The van der Waals surface area contributed by atoms with Crippen molar-refractivity contribution >= 4 is 33.3 Å². The second kappa shape index (κ2) is 6.00. The highest BCUT2D eigenvalue weighted by molar-refractivity contribution is 9.10. The van der Waals surface area contributed by atoms with E-state index < -0.39 is 11.7 Å². The van der Waals surface area contributed by atoms with E-state index in [4.69, 9.17) is 5.73 Å². The molecule has 0 radical (unpaired) electrons. The van der Waals surface area contributed by atoms with Crippen LogP contribution in [0.25, 0.3) is 0 Å². The molecule has 2 rings (SSSR count). The second-order valence-corrected chi connectivity index (χ2v) is 5.12. The number of hydrogen-bond acceptors (Lipinski definition) is 3. The molecular weight excluding hydrogens is 325 g/mol. The van der Waals surface area contributed by atoms with Crippen LogP contribution in [0.5, 0.6) is 0 Å². The van der Waals surface area contributed by atoms with Gasteiger partial charge in [-0.05, 0) is 36.8 Å². The number of aryl methyl sites for hydroxylation is 1. The molecule has 6 heteroatoms. The number of hydrogen-bond donors (Lipinski definition) is 2. The van der Waals surface area contributed by atoms with Crippen LogP contribution in [0.3, 0.4) is 0 Å². The highest BCUT2D eigenvalue weighted by Gasteiger charge is 2.11. The quantitative estimate of drug-likeness (QED) is 0.902. The van der Waals surface area contributed by atoms with E-state index in [-0.39, 0.29) is 11.5 Å². The number of nitrogen functional groups attached to an aromatic ring is 1. The molecule has 3 N–H and O–H groups in total. The zero-order valence-corrected chi connectivity index (χ0v) is 12.4. The first-order chi connectivity index (χ1) is 9.49. The van der Waals surface area contributed by atoms with Gasteiger partial charge in [0, 0.05) is 15.7 Å². The number of rotatable bonds is 3. The first-order valence-corrected chi connectivity index (χ1v) is 6.81. The maximum atomic E-state index is 13.6. The highest BCUT2D eigenvalue weighted by Crippen LogP contribution is 2.21. The van der Waals surface area contributed by atoms with Crippen molar-refractivity contribution in [3.05, 3.63) is 51.9 Å². The SMILES string of the molecule is CCc1cc(C(=O)Nc2cc(Br)ccc2F)cc(N)n1. The van der Waals surface area contributed by atoms with Gasteiger partial charge < -0.3 is 11.1 Å². The van der Waals surface area contributed by atoms with Gasteiger partial charge in [-0.1, -0.05) is 22.9 Å². The average Bonchev–Trinajstić information content (AvgIpc) is 2.42. The topological polar surface area (TPSA) is 68.0 Å². The van der Waals surface area contributed by atoms with Gasteiger partial charge in [0.1, 0.15) is 11.6 Å². The van der Waals surface area contributed by atoms with Gasteiger partial charge in [-0.15, -0.1) is 0 Å². The van der Waals surface area contributed by atoms with Crippen LogP contribution in [0.15, 0.2) is 34.8 Å². The Balaban J connectivity index is 2.28. The van der Waals surface area contributed by atoms with Crippen molar-refractivity contribution < 1.29 is 9.18 Å². The van der Waals surface area contributed by atoms with Gasteiger partial charge in [0.05, 0.1) is 5.69 Å². The van der Waals surface area contributed by atoms with E-state index in [2.05, 4.69) is 26.2 Å². The standard InChI is InChI=1S/C14H13BrFN3O/c1-2-10-5-8(6-13(17)18-10)14(20)19-12-7-9(15)3-4-11(12)16/h3-7H,2H2,1H3,(H2,17,18)(H,19,20). The lowest BCUT2D eigenvalue weighted by molar-refractivity contribution is 0.102. The smallest absolute Gasteiger partial charge is 0.255 e. The zero-order chi connectivity index (χ0) is 14.7. The number of carbonyl (C=O) groups is 1. The van der Waals surface area contributed by atoms with Crippen molar-refractivity contribution in [1.82, 2.24) is 4.98 Å². The van der Waals surface area contributed by atoms with Crippen molar-refractivity contribution in [3.8, 4) is 0 Å². The number of nitrogens with one attached hydrogen (secondary N) is 1. The summed E-state index contributed by atoms with van der Waals surface area (Å²) in [5, 5.41) is 2.52. The normalized spacial score (nSPS) is 10.3. The summed E-state index contributed by atoms with van der Waals surface area (Å²) in [4.78, 5) is 16.2. The molecular formula is C14H13BrFN3O. The van der Waals surface area contributed by atoms with Crippen LogP contribution in [-0.2, 0) is 6.42 Å². The Hall–Kier alpha value is -1.95. The largest absolute Gasteiger partial charge is 0.384 e. The molecule has 0 bridgehead atoms. The lowest BCUT2D eigenvalue weighted by atomic mass is 10.1. The maximum Gasteiger partial charge on any atom is 0.255 e. The predicted octanol–water partition coefficient (Wildman–Crippen LogP) is 3.38. The van der Waals surface area contributed by atoms with Crippen LogP contribution in [-0.4, -0.2) is 10.9 Å². The van der Waals surface area contributed by atoms with E-state index in [1.807, 2.05) is 6.92 Å². The Labute approximate surface area is 124 Å². The molecule has 1 amide bonds. The minimum absolute atomic E-state index is 0.109. The number of carbonyl (C=O) groups excluding carboxylic acids is 1. The molecule has 104 valence electrons. The summed E-state index contributed by atoms with van der Waals surface area (Å²) in [6.45, 7) is 1.91. The molecule has 1 aromatic carbocycles. The maximum absolute atomic E-state index is 13.6. The average molecular weight is 338 g/mol. The molecule has 2 aromatic rings. The summed E-state index contributed by atoms with van der Waals surface area (Å²) in [6, 6.07) is 7.44. The van der Waals surface area contributed by atoms with Crippen molar-refractivity contribution in [2.24, 2.45) is 0 Å². The molecule has 0 aliphatic rings. The van der Waals surface area contributed by atoms with E-state index in [1.165, 1.54) is 18.2 Å². The summed E-state index contributed by atoms with van der Waals surface area (Å²) in [7, 11) is 0. The predicted molar refractivity (Wildman–Crippen MR) is 80.1 cm³/mol. The summed E-state index contributed by atoms with van der Waals surface area (Å²) < 4.78 is 14.3. The van der Waals surface area contributed by atoms with Gasteiger partial charge in [-0.2, -0.15) is 0 Å². The van der Waals surface area contributed by atoms with Gasteiger partial charge in [0.25, 0.3) is 5.91 Å². The van der Waals surface area contributed by atoms with Crippen molar-refractivity contribution in [3.63, 3.8) is 0 Å². The van der Waals surface area contributed by atoms with Crippen LogP contribution in [0.1, 0.15) is 23.0 Å². The number of amides is 1. The molecule has 1 heterocycles. The van der Waals surface area contributed by atoms with E-state index >= 15 is 0 Å². The van der Waals surface area contributed by atoms with E-state index in [9.17, 15) is 9.18 Å². The summed E-state index contributed by atoms with van der Waals surface area (Å²) in [5.41, 5.74) is 6.82. The van der Waals surface area contributed by atoms with Gasteiger partial charge in [-0.25, -0.2) is 9.37 Å². The Bertz CT molecular complexity index is 661. The van der Waals surface area contributed by atoms with Gasteiger partial charge >= 0.3 is 0 Å². The molecule has 0 fully saturated rings. The van der Waals surface area contributed by atoms with Crippen LogP contribution in [0, 0.1) is 5.82 Å². The number of aromatic nitrogens is 1. The molecule has 0 spiro atoms. The number of pyridine rings is 1. The lowest BCUT2D eigenvalue weighted by Gasteiger charge is -2.08. The van der Waals surface area contributed by atoms with Crippen LogP contribution in [0.2, 0.25) is 0 Å². The molecule has 0 saturated heterocycles. The first kappa shape index (κ1) is 14.5. The summed E-state index contributed by atoms with van der Waals surface area (Å²) in [5.74, 6) is -0.658. The molecule has 0 unspecified atom stereocenters. The fourth-order valence-corrected chi connectivity index (χ4v) is 2.07. The molecule has 0 aliphatic heterocycles. The number of anilines is 2. The van der Waals surface area contributed by atoms with Crippen LogP contribution >= 0.6 is 15.9 Å². The van der Waals surface area contributed by atoms with Crippen LogP contribution < -0.4 is 11.1 Å². The molecule has 0 aliphatic carbocycles. The van der Waals surface area contributed by atoms with Crippen molar-refractivity contribution in [2.75, 3.05) is 11.1 Å². The first-order valence-electron chi connectivity index (χ1n) is 6.02. The zero-order valence-electron chi connectivity index (χ0n) is 10.8. The Morgan fingerprint density at radius 2 is 2.15 bits per heavy atom. The molecule has 0 saturated carbocycles. The Morgan fingerprint density at radius 3 is 2.85 bits per heavy atom. The highest BCUT2D eigenvalue weighted by atomic mass is 79.9. The molecule has 1 aromatic heterocycles. The Morgan fingerprint density at radius 1 is 1.40 bits per heavy atom.